The second kappa shape index (κ2) is 8.70. The average molecular weight is 456 g/mol. The molecule has 162 valence electrons. The molecule has 2 aliphatic rings. The summed E-state index contributed by atoms with van der Waals surface area (Å²) in [4.78, 5) is 9.51. The number of para-hydroxylation sites is 2. The van der Waals surface area contributed by atoms with Crippen LogP contribution in [0.15, 0.2) is 119 Å². The Balaban J connectivity index is 1.51. The van der Waals surface area contributed by atoms with Gasteiger partial charge in [-0.2, -0.15) is 5.26 Å². The van der Waals surface area contributed by atoms with E-state index in [1.54, 1.807) is 6.20 Å². The highest BCUT2D eigenvalue weighted by molar-refractivity contribution is 7.99. The van der Waals surface area contributed by atoms with Crippen LogP contribution in [0, 0.1) is 11.3 Å². The molecule has 0 fully saturated rings. The van der Waals surface area contributed by atoms with Crippen LogP contribution >= 0.6 is 11.8 Å². The SMILES string of the molecule is N#Cc1ccc(-c2cccc(C3=C(N4c5ccccc5Sc5ccccc54)CCC=C3)c2)nc1. The van der Waals surface area contributed by atoms with E-state index in [9.17, 15) is 0 Å². The summed E-state index contributed by atoms with van der Waals surface area (Å²) in [5, 5.41) is 9.10. The number of benzene rings is 3. The summed E-state index contributed by atoms with van der Waals surface area (Å²) in [5.41, 5.74) is 8.67. The summed E-state index contributed by atoms with van der Waals surface area (Å²) in [7, 11) is 0. The largest absolute Gasteiger partial charge is 0.311 e. The van der Waals surface area contributed by atoms with Gasteiger partial charge in [-0.3, -0.25) is 4.98 Å². The Morgan fingerprint density at radius 1 is 0.824 bits per heavy atom. The minimum absolute atomic E-state index is 0.570. The van der Waals surface area contributed by atoms with Gasteiger partial charge < -0.3 is 4.90 Å². The molecule has 0 saturated carbocycles. The van der Waals surface area contributed by atoms with Gasteiger partial charge in [0.1, 0.15) is 6.07 Å². The summed E-state index contributed by atoms with van der Waals surface area (Å²) >= 11 is 1.84. The molecule has 4 heteroatoms. The standard InChI is InChI=1S/C30H21N3S/c31-19-21-16-17-25(32-20-21)23-9-7-8-22(18-23)24-10-1-2-11-26(24)33-27-12-3-5-14-29(27)34-30-15-6-4-13-28(30)33/h1,3-10,12-18,20H,2,11H2. The van der Waals surface area contributed by atoms with E-state index in [-0.39, 0.29) is 0 Å². The van der Waals surface area contributed by atoms with E-state index < -0.39 is 0 Å². The molecule has 3 nitrogen and oxygen atoms in total. The summed E-state index contributed by atoms with van der Waals surface area (Å²) in [6.45, 7) is 0. The Bertz CT molecular complexity index is 1450. The number of nitriles is 1. The van der Waals surface area contributed by atoms with Crippen LogP contribution in [0.2, 0.25) is 0 Å². The highest BCUT2D eigenvalue weighted by atomic mass is 32.2. The van der Waals surface area contributed by atoms with Crippen molar-refractivity contribution in [2.75, 3.05) is 4.90 Å². The van der Waals surface area contributed by atoms with E-state index in [0.717, 1.165) is 24.1 Å². The van der Waals surface area contributed by atoms with E-state index in [2.05, 4.69) is 101 Å². The molecule has 0 saturated heterocycles. The monoisotopic (exact) mass is 455 g/mol. The summed E-state index contributed by atoms with van der Waals surface area (Å²) in [5.74, 6) is 0. The van der Waals surface area contributed by atoms with Gasteiger partial charge in [0, 0.05) is 32.8 Å². The van der Waals surface area contributed by atoms with Crippen molar-refractivity contribution in [2.24, 2.45) is 0 Å². The lowest BCUT2D eigenvalue weighted by molar-refractivity contribution is 0.910. The van der Waals surface area contributed by atoms with Gasteiger partial charge in [-0.15, -0.1) is 0 Å². The molecular formula is C30H21N3S. The number of fused-ring (bicyclic) bond motifs is 2. The zero-order chi connectivity index (χ0) is 22.9. The van der Waals surface area contributed by atoms with E-state index in [0.29, 0.717) is 5.56 Å². The lowest BCUT2D eigenvalue weighted by atomic mass is 9.93. The average Bonchev–Trinajstić information content (AvgIpc) is 2.92. The van der Waals surface area contributed by atoms with Crippen molar-refractivity contribution >= 4 is 28.7 Å². The first-order chi connectivity index (χ1) is 16.8. The molecule has 6 rings (SSSR count). The first kappa shape index (κ1) is 20.5. The zero-order valence-corrected chi connectivity index (χ0v) is 19.3. The number of hydrogen-bond acceptors (Lipinski definition) is 4. The predicted octanol–water partition coefficient (Wildman–Crippen LogP) is 7.98. The quantitative estimate of drug-likeness (QED) is 0.314. The van der Waals surface area contributed by atoms with Crippen molar-refractivity contribution in [2.45, 2.75) is 22.6 Å². The van der Waals surface area contributed by atoms with E-state index in [1.165, 1.54) is 38.0 Å². The van der Waals surface area contributed by atoms with Gasteiger partial charge in [0.25, 0.3) is 0 Å². The molecule has 2 heterocycles. The Kier molecular flexibility index (Phi) is 5.25. The number of hydrogen-bond donors (Lipinski definition) is 0. The third-order valence-electron chi connectivity index (χ3n) is 6.21. The minimum atomic E-state index is 0.570. The van der Waals surface area contributed by atoms with E-state index in [1.807, 2.05) is 23.9 Å². The van der Waals surface area contributed by atoms with Crippen molar-refractivity contribution in [3.05, 3.63) is 120 Å². The van der Waals surface area contributed by atoms with Gasteiger partial charge in [0.15, 0.2) is 0 Å². The van der Waals surface area contributed by atoms with Crippen LogP contribution in [-0.2, 0) is 0 Å². The topological polar surface area (TPSA) is 39.9 Å². The zero-order valence-electron chi connectivity index (χ0n) is 18.5. The van der Waals surface area contributed by atoms with Gasteiger partial charge in [0.2, 0.25) is 0 Å². The highest BCUT2D eigenvalue weighted by Gasteiger charge is 2.28. The van der Waals surface area contributed by atoms with Crippen LogP contribution in [0.3, 0.4) is 0 Å². The van der Waals surface area contributed by atoms with Crippen LogP contribution in [0.25, 0.3) is 16.8 Å². The van der Waals surface area contributed by atoms with Gasteiger partial charge in [-0.1, -0.05) is 66.4 Å². The second-order valence-corrected chi connectivity index (χ2v) is 9.38. The maximum Gasteiger partial charge on any atom is 0.101 e. The van der Waals surface area contributed by atoms with Gasteiger partial charge in [0.05, 0.1) is 22.6 Å². The van der Waals surface area contributed by atoms with Crippen molar-refractivity contribution in [3.63, 3.8) is 0 Å². The maximum atomic E-state index is 9.10. The van der Waals surface area contributed by atoms with Crippen molar-refractivity contribution in [1.29, 1.82) is 5.26 Å². The molecule has 0 unspecified atom stereocenters. The van der Waals surface area contributed by atoms with Crippen LogP contribution in [0.5, 0.6) is 0 Å². The number of pyridine rings is 1. The van der Waals surface area contributed by atoms with Crippen LogP contribution in [-0.4, -0.2) is 4.98 Å². The number of anilines is 2. The smallest absolute Gasteiger partial charge is 0.101 e. The normalized spacial score (nSPS) is 14.4. The third-order valence-corrected chi connectivity index (χ3v) is 7.34. The fraction of sp³-hybridized carbons (Fsp3) is 0.0667. The highest BCUT2D eigenvalue weighted by Crippen LogP contribution is 2.51. The van der Waals surface area contributed by atoms with E-state index >= 15 is 0 Å². The number of aromatic nitrogens is 1. The first-order valence-corrected chi connectivity index (χ1v) is 12.2. The molecule has 0 bridgehead atoms. The molecule has 0 radical (unpaired) electrons. The molecule has 1 aliphatic carbocycles. The Morgan fingerprint density at radius 3 is 2.26 bits per heavy atom. The second-order valence-electron chi connectivity index (χ2n) is 8.30. The van der Waals surface area contributed by atoms with Gasteiger partial charge >= 0.3 is 0 Å². The van der Waals surface area contributed by atoms with Gasteiger partial charge in [-0.25, -0.2) is 0 Å². The number of nitrogens with zero attached hydrogens (tertiary/aromatic N) is 3. The molecule has 3 aromatic carbocycles. The molecule has 0 N–H and O–H groups in total. The number of rotatable bonds is 3. The minimum Gasteiger partial charge on any atom is -0.311 e. The Labute approximate surface area is 203 Å². The van der Waals surface area contributed by atoms with Gasteiger partial charge in [-0.05, 0) is 60.9 Å². The molecule has 0 spiro atoms. The van der Waals surface area contributed by atoms with Crippen molar-refractivity contribution in [3.8, 4) is 17.3 Å². The van der Waals surface area contributed by atoms with Crippen molar-refractivity contribution < 1.29 is 0 Å². The van der Waals surface area contributed by atoms with Crippen LogP contribution in [0.4, 0.5) is 11.4 Å². The van der Waals surface area contributed by atoms with Crippen LogP contribution < -0.4 is 4.90 Å². The molecule has 0 amide bonds. The van der Waals surface area contributed by atoms with Crippen molar-refractivity contribution in [1.82, 2.24) is 4.98 Å². The summed E-state index contributed by atoms with van der Waals surface area (Å²) < 4.78 is 0. The molecule has 0 atom stereocenters. The summed E-state index contributed by atoms with van der Waals surface area (Å²) in [6.07, 6.45) is 8.15. The predicted molar refractivity (Wildman–Crippen MR) is 139 cm³/mol. The Morgan fingerprint density at radius 2 is 1.56 bits per heavy atom. The fourth-order valence-electron chi connectivity index (χ4n) is 4.62. The number of allylic oxidation sites excluding steroid dienone is 4. The van der Waals surface area contributed by atoms with Crippen LogP contribution in [0.1, 0.15) is 24.0 Å². The lowest BCUT2D eigenvalue weighted by Crippen LogP contribution is -2.22. The molecule has 1 aromatic heterocycles. The third kappa shape index (κ3) is 3.61. The lowest BCUT2D eigenvalue weighted by Gasteiger charge is -2.36. The molecule has 34 heavy (non-hydrogen) atoms. The Hall–Kier alpha value is -4.07. The van der Waals surface area contributed by atoms with E-state index in [4.69, 9.17) is 5.26 Å². The fourth-order valence-corrected chi connectivity index (χ4v) is 5.68. The maximum absolute atomic E-state index is 9.10. The first-order valence-electron chi connectivity index (χ1n) is 11.3. The summed E-state index contributed by atoms with van der Waals surface area (Å²) in [6, 6.07) is 31.7. The molecule has 4 aromatic rings. The molecule has 1 aliphatic heterocycles. The molecular weight excluding hydrogens is 434 g/mol.